The number of esters is 1. The van der Waals surface area contributed by atoms with Gasteiger partial charge in [0.2, 0.25) is 0 Å². The maximum Gasteiger partial charge on any atom is 0.509 e. The van der Waals surface area contributed by atoms with Crippen molar-refractivity contribution in [2.24, 2.45) is 0 Å². The zero-order chi connectivity index (χ0) is 30.3. The van der Waals surface area contributed by atoms with Crippen LogP contribution in [0.1, 0.15) is 88.4 Å². The van der Waals surface area contributed by atoms with Gasteiger partial charge in [0.25, 0.3) is 0 Å². The number of hydrogen-bond acceptors (Lipinski definition) is 7. The third-order valence-electron chi connectivity index (χ3n) is 7.51. The third-order valence-corrected chi connectivity index (χ3v) is 7.51. The van der Waals surface area contributed by atoms with Crippen LogP contribution in [0.3, 0.4) is 0 Å². The molecular weight excluding hydrogens is 544 g/mol. The highest BCUT2D eigenvalue weighted by atomic mass is 16.8. The summed E-state index contributed by atoms with van der Waals surface area (Å²) >= 11 is 0. The second kappa shape index (κ2) is 17.2. The van der Waals surface area contributed by atoms with Crippen molar-refractivity contribution in [3.63, 3.8) is 0 Å². The number of unbranched alkanes of at least 4 members (excludes halogenated alkanes) is 7. The molecule has 1 aliphatic rings. The fraction of sp³-hybridized carbons (Fsp3) is 0.444. The number of benzene rings is 3. The average Bonchev–Trinajstić information content (AvgIpc) is 3.39. The molecule has 43 heavy (non-hydrogen) atoms. The first-order chi connectivity index (χ1) is 21.1. The summed E-state index contributed by atoms with van der Waals surface area (Å²) in [5, 5.41) is 0. The maximum absolute atomic E-state index is 12.7. The molecule has 1 heterocycles. The fourth-order valence-electron chi connectivity index (χ4n) is 5.01. The summed E-state index contributed by atoms with van der Waals surface area (Å²) in [5.41, 5.74) is 2.44. The van der Waals surface area contributed by atoms with E-state index < -0.39 is 18.2 Å². The van der Waals surface area contributed by atoms with Gasteiger partial charge in [-0.2, -0.15) is 0 Å². The van der Waals surface area contributed by atoms with Gasteiger partial charge in [-0.05, 0) is 72.5 Å². The molecule has 1 saturated heterocycles. The van der Waals surface area contributed by atoms with Crippen LogP contribution in [0, 0.1) is 0 Å². The van der Waals surface area contributed by atoms with E-state index in [9.17, 15) is 9.59 Å². The highest BCUT2D eigenvalue weighted by molar-refractivity contribution is 5.91. The topological polar surface area (TPSA) is 80.3 Å². The minimum absolute atomic E-state index is 0.241. The van der Waals surface area contributed by atoms with Crippen LogP contribution in [0.25, 0.3) is 11.1 Å². The van der Waals surface area contributed by atoms with Crippen LogP contribution >= 0.6 is 0 Å². The summed E-state index contributed by atoms with van der Waals surface area (Å²) in [4.78, 5) is 24.1. The molecule has 0 bridgehead atoms. The Balaban J connectivity index is 1.18. The average molecular weight is 589 g/mol. The van der Waals surface area contributed by atoms with Crippen molar-refractivity contribution in [3.8, 4) is 28.4 Å². The number of hydrogen-bond donors (Lipinski definition) is 0. The van der Waals surface area contributed by atoms with E-state index in [0.717, 1.165) is 36.1 Å². The van der Waals surface area contributed by atoms with Crippen LogP contribution in [-0.4, -0.2) is 37.5 Å². The molecule has 0 N–H and O–H groups in total. The summed E-state index contributed by atoms with van der Waals surface area (Å²) in [6.07, 6.45) is 10.4. The zero-order valence-electron chi connectivity index (χ0n) is 25.4. The summed E-state index contributed by atoms with van der Waals surface area (Å²) in [5.74, 6) is 1.50. The Hall–Kier alpha value is -4.00. The molecule has 7 nitrogen and oxygen atoms in total. The standard InChI is InChI=1S/C36H44O7/c1-3-5-6-7-8-9-10-11-25-39-30-21-17-29(18-22-30)35(37)41-32-23-15-28(16-24-32)27-13-19-31(20-14-27)40-26-34-33(12-4-2)42-36(38)43-34/h13-24,33-34H,3-12,25-26H2,1-2H3/t33-,34-/m0/s1. The predicted molar refractivity (Wildman–Crippen MR) is 167 cm³/mol. The van der Waals surface area contributed by atoms with Gasteiger partial charge in [-0.15, -0.1) is 0 Å². The van der Waals surface area contributed by atoms with Crippen molar-refractivity contribution in [1.29, 1.82) is 0 Å². The van der Waals surface area contributed by atoms with Gasteiger partial charge in [-0.3, -0.25) is 0 Å². The van der Waals surface area contributed by atoms with Crippen molar-refractivity contribution < 1.29 is 33.3 Å². The summed E-state index contributed by atoms with van der Waals surface area (Å²) in [6.45, 7) is 5.20. The molecule has 3 aromatic carbocycles. The van der Waals surface area contributed by atoms with E-state index in [0.29, 0.717) is 23.7 Å². The van der Waals surface area contributed by atoms with Crippen LogP contribution in [0.2, 0.25) is 0 Å². The normalized spacial score (nSPS) is 15.9. The lowest BCUT2D eigenvalue weighted by Crippen LogP contribution is -2.28. The van der Waals surface area contributed by atoms with Crippen molar-refractivity contribution in [1.82, 2.24) is 0 Å². The molecule has 0 aromatic heterocycles. The first-order valence-electron chi connectivity index (χ1n) is 15.7. The zero-order valence-corrected chi connectivity index (χ0v) is 25.4. The number of cyclic esters (lactones) is 2. The lowest BCUT2D eigenvalue weighted by Gasteiger charge is -2.15. The molecule has 1 aliphatic heterocycles. The minimum Gasteiger partial charge on any atom is -0.494 e. The van der Waals surface area contributed by atoms with E-state index in [2.05, 4.69) is 6.92 Å². The van der Waals surface area contributed by atoms with Crippen LogP contribution in [-0.2, 0) is 9.47 Å². The Bertz CT molecular complexity index is 1250. The summed E-state index contributed by atoms with van der Waals surface area (Å²) in [6, 6.07) is 22.1. The van der Waals surface area contributed by atoms with E-state index in [1.54, 1.807) is 24.3 Å². The van der Waals surface area contributed by atoms with E-state index in [-0.39, 0.29) is 12.7 Å². The largest absolute Gasteiger partial charge is 0.509 e. The van der Waals surface area contributed by atoms with Crippen LogP contribution < -0.4 is 14.2 Å². The van der Waals surface area contributed by atoms with Gasteiger partial charge in [0.05, 0.1) is 12.2 Å². The molecule has 0 spiro atoms. The Morgan fingerprint density at radius 1 is 0.628 bits per heavy atom. The molecule has 0 unspecified atom stereocenters. The van der Waals surface area contributed by atoms with Crippen LogP contribution in [0.5, 0.6) is 17.2 Å². The minimum atomic E-state index is -0.636. The van der Waals surface area contributed by atoms with Gasteiger partial charge in [0.15, 0.2) is 6.10 Å². The number of ether oxygens (including phenoxy) is 5. The molecule has 230 valence electrons. The van der Waals surface area contributed by atoms with Crippen LogP contribution in [0.4, 0.5) is 4.79 Å². The Morgan fingerprint density at radius 2 is 1.16 bits per heavy atom. The first-order valence-corrected chi connectivity index (χ1v) is 15.7. The maximum atomic E-state index is 12.7. The van der Waals surface area contributed by atoms with Gasteiger partial charge in [0.1, 0.15) is 30.0 Å². The van der Waals surface area contributed by atoms with Gasteiger partial charge >= 0.3 is 12.1 Å². The highest BCUT2D eigenvalue weighted by Gasteiger charge is 2.36. The number of rotatable bonds is 18. The van der Waals surface area contributed by atoms with Gasteiger partial charge in [-0.1, -0.05) is 89.5 Å². The second-order valence-electron chi connectivity index (χ2n) is 10.9. The van der Waals surface area contributed by atoms with Crippen molar-refractivity contribution in [2.75, 3.05) is 13.2 Å². The Labute approximate surface area is 255 Å². The van der Waals surface area contributed by atoms with E-state index in [4.69, 9.17) is 23.7 Å². The van der Waals surface area contributed by atoms with E-state index in [1.807, 2.05) is 55.5 Å². The van der Waals surface area contributed by atoms with Crippen molar-refractivity contribution >= 4 is 12.1 Å². The Morgan fingerprint density at radius 3 is 1.79 bits per heavy atom. The van der Waals surface area contributed by atoms with Gasteiger partial charge < -0.3 is 23.7 Å². The first kappa shape index (κ1) is 31.9. The molecule has 2 atom stereocenters. The SMILES string of the molecule is CCCCCCCCCCOc1ccc(C(=O)Oc2ccc(-c3ccc(OC[C@@H]4OC(=O)O[C@H]4CCC)cc3)cc2)cc1. The monoisotopic (exact) mass is 588 g/mol. The van der Waals surface area contributed by atoms with E-state index >= 15 is 0 Å². The molecular formula is C36H44O7. The van der Waals surface area contributed by atoms with Gasteiger partial charge in [0, 0.05) is 0 Å². The summed E-state index contributed by atoms with van der Waals surface area (Å²) < 4.78 is 27.7. The number of carbonyl (C=O) groups excluding carboxylic acids is 2. The smallest absolute Gasteiger partial charge is 0.494 e. The highest BCUT2D eigenvalue weighted by Crippen LogP contribution is 2.26. The number of carbonyl (C=O) groups is 2. The van der Waals surface area contributed by atoms with Crippen molar-refractivity contribution in [3.05, 3.63) is 78.4 Å². The van der Waals surface area contributed by atoms with Gasteiger partial charge in [-0.25, -0.2) is 9.59 Å². The van der Waals surface area contributed by atoms with Crippen molar-refractivity contribution in [2.45, 2.75) is 90.3 Å². The lowest BCUT2D eigenvalue weighted by atomic mass is 10.1. The van der Waals surface area contributed by atoms with Crippen LogP contribution in [0.15, 0.2) is 72.8 Å². The molecule has 0 radical (unpaired) electrons. The molecule has 0 saturated carbocycles. The van der Waals surface area contributed by atoms with E-state index in [1.165, 1.54) is 44.9 Å². The molecule has 3 aromatic rings. The molecule has 4 rings (SSSR count). The second-order valence-corrected chi connectivity index (χ2v) is 10.9. The molecule has 0 aliphatic carbocycles. The molecule has 1 fully saturated rings. The fourth-order valence-corrected chi connectivity index (χ4v) is 5.01. The lowest BCUT2D eigenvalue weighted by molar-refractivity contribution is 0.0734. The molecule has 0 amide bonds. The predicted octanol–water partition coefficient (Wildman–Crippen LogP) is 9.18. The third kappa shape index (κ3) is 10.3. The molecule has 7 heteroatoms. The Kier molecular flexibility index (Phi) is 12.8. The quantitative estimate of drug-likeness (QED) is 0.0832. The summed E-state index contributed by atoms with van der Waals surface area (Å²) in [7, 11) is 0.